The van der Waals surface area contributed by atoms with Crippen LogP contribution in [0.5, 0.6) is 0 Å². The van der Waals surface area contributed by atoms with Crippen LogP contribution in [0, 0.1) is 5.41 Å². The molecule has 4 nitrogen and oxygen atoms in total. The maximum absolute atomic E-state index is 13.6. The summed E-state index contributed by atoms with van der Waals surface area (Å²) in [4.78, 5) is 26.1. The maximum atomic E-state index is 13.6. The molecule has 0 aromatic heterocycles. The fraction of sp³-hybridized carbons (Fsp3) is 0.500. The van der Waals surface area contributed by atoms with E-state index in [0.29, 0.717) is 4.47 Å². The van der Waals surface area contributed by atoms with Gasteiger partial charge in [-0.05, 0) is 24.6 Å². The fourth-order valence-electron chi connectivity index (χ4n) is 2.97. The second kappa shape index (κ2) is 6.38. The van der Waals surface area contributed by atoms with Crippen molar-refractivity contribution in [2.24, 2.45) is 5.41 Å². The van der Waals surface area contributed by atoms with Crippen molar-refractivity contribution < 1.29 is 22.8 Å². The van der Waals surface area contributed by atoms with Gasteiger partial charge in [-0.2, -0.15) is 13.2 Å². The summed E-state index contributed by atoms with van der Waals surface area (Å²) < 4.78 is 41.3. The molecule has 2 rings (SSSR count). The quantitative estimate of drug-likeness (QED) is 0.771. The van der Waals surface area contributed by atoms with Gasteiger partial charge in [0.2, 0.25) is 11.8 Å². The van der Waals surface area contributed by atoms with Crippen molar-refractivity contribution in [3.8, 4) is 0 Å². The van der Waals surface area contributed by atoms with E-state index in [0.717, 1.165) is 11.9 Å². The average molecular weight is 407 g/mol. The third-order valence-corrected chi connectivity index (χ3v) is 4.77. The SMILES string of the molecule is CC(=O)N1CC(C)(C(=O)N(C)[C@@H](c2ccc(Br)cc2)C(F)(F)F)C1. The van der Waals surface area contributed by atoms with E-state index in [1.807, 2.05) is 0 Å². The Bertz CT molecular complexity index is 640. The first kappa shape index (κ1) is 18.8. The Morgan fingerprint density at radius 3 is 2.17 bits per heavy atom. The lowest BCUT2D eigenvalue weighted by Gasteiger charge is -2.48. The number of alkyl halides is 3. The van der Waals surface area contributed by atoms with Crippen molar-refractivity contribution in [1.82, 2.24) is 9.80 Å². The molecule has 1 aliphatic heterocycles. The van der Waals surface area contributed by atoms with Crippen LogP contribution >= 0.6 is 15.9 Å². The molecule has 1 saturated heterocycles. The van der Waals surface area contributed by atoms with Gasteiger partial charge >= 0.3 is 6.18 Å². The van der Waals surface area contributed by atoms with Crippen LogP contribution in [0.15, 0.2) is 28.7 Å². The number of likely N-dealkylation sites (tertiary alicyclic amines) is 1. The summed E-state index contributed by atoms with van der Waals surface area (Å²) in [5.41, 5.74) is -0.993. The Morgan fingerprint density at radius 2 is 1.75 bits per heavy atom. The summed E-state index contributed by atoms with van der Waals surface area (Å²) in [6.07, 6.45) is -4.60. The van der Waals surface area contributed by atoms with Crippen LogP contribution in [0.2, 0.25) is 0 Å². The van der Waals surface area contributed by atoms with Crippen LogP contribution in [0.1, 0.15) is 25.5 Å². The zero-order valence-electron chi connectivity index (χ0n) is 13.5. The molecule has 1 aromatic rings. The molecule has 24 heavy (non-hydrogen) atoms. The number of amides is 2. The van der Waals surface area contributed by atoms with Gasteiger partial charge in [0.05, 0.1) is 5.41 Å². The smallest absolute Gasteiger partial charge is 0.341 e. The molecule has 0 unspecified atom stereocenters. The van der Waals surface area contributed by atoms with Gasteiger partial charge in [-0.3, -0.25) is 9.59 Å². The van der Waals surface area contributed by atoms with E-state index < -0.39 is 23.5 Å². The largest absolute Gasteiger partial charge is 0.413 e. The highest BCUT2D eigenvalue weighted by Gasteiger charge is 2.52. The van der Waals surface area contributed by atoms with Crippen molar-refractivity contribution in [3.05, 3.63) is 34.3 Å². The Morgan fingerprint density at radius 1 is 1.25 bits per heavy atom. The van der Waals surface area contributed by atoms with Crippen LogP contribution in [0.4, 0.5) is 13.2 Å². The van der Waals surface area contributed by atoms with Gasteiger partial charge in [-0.1, -0.05) is 28.1 Å². The standard InChI is InChI=1S/C16H18BrF3N2O2/c1-10(23)22-8-15(2,9-22)14(24)21(3)13(16(18,19)20)11-4-6-12(17)7-5-11/h4-7,13H,8-9H2,1-3H3/t13-/m0/s1. The van der Waals surface area contributed by atoms with E-state index in [1.165, 1.54) is 36.1 Å². The first-order valence-corrected chi connectivity index (χ1v) is 8.10. The minimum Gasteiger partial charge on any atom is -0.341 e. The molecule has 1 fully saturated rings. The molecule has 0 spiro atoms. The number of hydrogen-bond donors (Lipinski definition) is 0. The van der Waals surface area contributed by atoms with E-state index in [2.05, 4.69) is 15.9 Å². The van der Waals surface area contributed by atoms with Gasteiger partial charge < -0.3 is 9.80 Å². The van der Waals surface area contributed by atoms with Crippen molar-refractivity contribution >= 4 is 27.7 Å². The summed E-state index contributed by atoms with van der Waals surface area (Å²) in [5.74, 6) is -0.812. The predicted molar refractivity (Wildman–Crippen MR) is 86.1 cm³/mol. The molecule has 0 bridgehead atoms. The monoisotopic (exact) mass is 406 g/mol. The average Bonchev–Trinajstić information content (AvgIpc) is 2.43. The van der Waals surface area contributed by atoms with Gasteiger partial charge in [-0.15, -0.1) is 0 Å². The topological polar surface area (TPSA) is 40.6 Å². The van der Waals surface area contributed by atoms with Gasteiger partial charge in [0.15, 0.2) is 6.04 Å². The molecule has 1 aromatic carbocycles. The zero-order valence-corrected chi connectivity index (χ0v) is 15.1. The van der Waals surface area contributed by atoms with Crippen molar-refractivity contribution in [1.29, 1.82) is 0 Å². The summed E-state index contributed by atoms with van der Waals surface area (Å²) in [6, 6.07) is 3.68. The van der Waals surface area contributed by atoms with E-state index >= 15 is 0 Å². The molecule has 1 heterocycles. The molecule has 0 saturated carbocycles. The number of rotatable bonds is 3. The summed E-state index contributed by atoms with van der Waals surface area (Å²) >= 11 is 3.18. The third-order valence-electron chi connectivity index (χ3n) is 4.24. The third kappa shape index (κ3) is 3.58. The van der Waals surface area contributed by atoms with E-state index in [4.69, 9.17) is 0 Å². The first-order valence-electron chi connectivity index (χ1n) is 7.31. The van der Waals surface area contributed by atoms with E-state index in [-0.39, 0.29) is 24.6 Å². The molecule has 1 atom stereocenters. The number of nitrogens with zero attached hydrogens (tertiary/aromatic N) is 2. The Labute approximate surface area is 146 Å². The predicted octanol–water partition coefficient (Wildman–Crippen LogP) is 3.38. The molecule has 2 amide bonds. The second-order valence-electron chi connectivity index (χ2n) is 6.35. The molecule has 0 radical (unpaired) electrons. The summed E-state index contributed by atoms with van der Waals surface area (Å²) in [6.45, 7) is 3.22. The molecule has 0 aliphatic carbocycles. The Balaban J connectivity index is 2.26. The number of carbonyl (C=O) groups excluding carboxylic acids is 2. The molecular formula is C16H18BrF3N2O2. The first-order chi connectivity index (χ1) is 11.0. The summed E-state index contributed by atoms with van der Waals surface area (Å²) in [7, 11) is 1.16. The zero-order chi connectivity index (χ0) is 18.3. The Hall–Kier alpha value is -1.57. The lowest BCUT2D eigenvalue weighted by molar-refractivity contribution is -0.197. The van der Waals surface area contributed by atoms with Crippen molar-refractivity contribution in [2.45, 2.75) is 26.1 Å². The second-order valence-corrected chi connectivity index (χ2v) is 7.26. The number of benzene rings is 1. The van der Waals surface area contributed by atoms with Gasteiger partial charge in [0, 0.05) is 31.5 Å². The minimum absolute atomic E-state index is 0.00658. The lowest BCUT2D eigenvalue weighted by atomic mass is 9.80. The number of carbonyl (C=O) groups is 2. The maximum Gasteiger partial charge on any atom is 0.413 e. The van der Waals surface area contributed by atoms with Crippen LogP contribution in [-0.2, 0) is 9.59 Å². The highest BCUT2D eigenvalue weighted by atomic mass is 79.9. The lowest BCUT2D eigenvalue weighted by Crippen LogP contribution is -2.63. The summed E-state index contributed by atoms with van der Waals surface area (Å²) in [5, 5.41) is 0. The van der Waals surface area contributed by atoms with Crippen molar-refractivity contribution in [2.75, 3.05) is 20.1 Å². The van der Waals surface area contributed by atoms with Crippen molar-refractivity contribution in [3.63, 3.8) is 0 Å². The van der Waals surface area contributed by atoms with Gasteiger partial charge in [-0.25, -0.2) is 0 Å². The van der Waals surface area contributed by atoms with Gasteiger partial charge in [0.1, 0.15) is 0 Å². The van der Waals surface area contributed by atoms with Crippen LogP contribution < -0.4 is 0 Å². The molecule has 1 aliphatic rings. The normalized spacial score (nSPS) is 17.9. The van der Waals surface area contributed by atoms with Gasteiger partial charge in [0.25, 0.3) is 0 Å². The molecule has 132 valence electrons. The highest BCUT2D eigenvalue weighted by molar-refractivity contribution is 9.10. The molecule has 0 N–H and O–H groups in total. The Kier molecular flexibility index (Phi) is 4.99. The minimum atomic E-state index is -4.60. The highest BCUT2D eigenvalue weighted by Crippen LogP contribution is 2.41. The fourth-order valence-corrected chi connectivity index (χ4v) is 3.24. The van der Waals surface area contributed by atoms with Crippen LogP contribution in [0.3, 0.4) is 0 Å². The molecular weight excluding hydrogens is 389 g/mol. The van der Waals surface area contributed by atoms with Crippen LogP contribution in [-0.4, -0.2) is 47.9 Å². The number of halogens is 4. The van der Waals surface area contributed by atoms with Crippen LogP contribution in [0.25, 0.3) is 0 Å². The van der Waals surface area contributed by atoms with E-state index in [1.54, 1.807) is 6.92 Å². The number of hydrogen-bond acceptors (Lipinski definition) is 2. The molecule has 8 heteroatoms. The van der Waals surface area contributed by atoms with E-state index in [9.17, 15) is 22.8 Å².